The minimum atomic E-state index is -0.152. The van der Waals surface area contributed by atoms with Gasteiger partial charge in [-0.15, -0.1) is 0 Å². The van der Waals surface area contributed by atoms with Crippen LogP contribution >= 0.6 is 0 Å². The first-order valence-electron chi connectivity index (χ1n) is 12.7. The molecule has 2 heterocycles. The second kappa shape index (κ2) is 12.9. The first-order valence-corrected chi connectivity index (χ1v) is 12.7. The Morgan fingerprint density at radius 3 is 2.50 bits per heavy atom. The number of nitrogens with zero attached hydrogens (tertiary/aromatic N) is 5. The molecule has 2 N–H and O–H groups in total. The Balaban J connectivity index is 1.38. The molecule has 4 aromatic rings. The number of aromatic nitrogens is 3. The molecular weight excluding hydrogens is 474 g/mol. The summed E-state index contributed by atoms with van der Waals surface area (Å²) in [7, 11) is 6.31. The predicted octanol–water partition coefficient (Wildman–Crippen LogP) is 5.23. The van der Waals surface area contributed by atoms with Crippen molar-refractivity contribution in [2.45, 2.75) is 19.9 Å². The predicted molar refractivity (Wildman–Crippen MR) is 154 cm³/mol. The molecule has 0 bridgehead atoms. The molecule has 0 radical (unpaired) electrons. The summed E-state index contributed by atoms with van der Waals surface area (Å²) in [5.74, 6) is 0.320. The van der Waals surface area contributed by atoms with Gasteiger partial charge in [0.15, 0.2) is 0 Å². The lowest BCUT2D eigenvalue weighted by Gasteiger charge is -2.18. The molecule has 0 aliphatic heterocycles. The molecule has 4 rings (SSSR count). The number of hydrogen-bond acceptors (Lipinski definition) is 7. The van der Waals surface area contributed by atoms with Gasteiger partial charge in [0.1, 0.15) is 0 Å². The Morgan fingerprint density at radius 1 is 0.947 bits per heavy atom. The van der Waals surface area contributed by atoms with Crippen molar-refractivity contribution in [1.29, 1.82) is 0 Å². The van der Waals surface area contributed by atoms with Crippen LogP contribution in [0.4, 0.5) is 17.3 Å². The quantitative estimate of drug-likeness (QED) is 0.286. The third kappa shape index (κ3) is 7.68. The fourth-order valence-electron chi connectivity index (χ4n) is 4.06. The Kier molecular flexibility index (Phi) is 9.13. The fourth-order valence-corrected chi connectivity index (χ4v) is 4.06. The summed E-state index contributed by atoms with van der Waals surface area (Å²) in [4.78, 5) is 30.6. The van der Waals surface area contributed by atoms with Gasteiger partial charge in [0, 0.05) is 47.6 Å². The molecule has 0 spiro atoms. The fraction of sp³-hybridized carbons (Fsp3) is 0.267. The topological polar surface area (TPSA) is 86.3 Å². The average molecular weight is 510 g/mol. The van der Waals surface area contributed by atoms with Crippen LogP contribution in [0.15, 0.2) is 79.3 Å². The monoisotopic (exact) mass is 509 g/mol. The van der Waals surface area contributed by atoms with Crippen LogP contribution in [0.5, 0.6) is 0 Å². The zero-order chi connectivity index (χ0) is 26.9. The normalized spacial score (nSPS) is 11.1. The van der Waals surface area contributed by atoms with E-state index in [4.69, 9.17) is 0 Å². The van der Waals surface area contributed by atoms with Crippen LogP contribution in [0.1, 0.15) is 27.9 Å². The number of pyridine rings is 1. The van der Waals surface area contributed by atoms with Gasteiger partial charge >= 0.3 is 0 Å². The van der Waals surface area contributed by atoms with Gasteiger partial charge in [-0.3, -0.25) is 9.78 Å². The van der Waals surface area contributed by atoms with Crippen LogP contribution in [-0.4, -0.2) is 64.9 Å². The molecule has 38 heavy (non-hydrogen) atoms. The number of amides is 1. The van der Waals surface area contributed by atoms with Crippen molar-refractivity contribution in [3.63, 3.8) is 0 Å². The van der Waals surface area contributed by atoms with Gasteiger partial charge in [0.25, 0.3) is 5.91 Å². The Bertz CT molecular complexity index is 1340. The van der Waals surface area contributed by atoms with Gasteiger partial charge in [-0.2, -0.15) is 0 Å². The highest BCUT2D eigenvalue weighted by atomic mass is 16.1. The third-order valence-corrected chi connectivity index (χ3v) is 6.17. The van der Waals surface area contributed by atoms with E-state index in [1.807, 2.05) is 67.6 Å². The first-order chi connectivity index (χ1) is 18.4. The number of rotatable bonds is 11. The highest BCUT2D eigenvalue weighted by molar-refractivity contribution is 6.04. The Labute approximate surface area is 224 Å². The molecule has 0 aliphatic rings. The molecule has 0 unspecified atom stereocenters. The zero-order valence-electron chi connectivity index (χ0n) is 22.5. The van der Waals surface area contributed by atoms with E-state index in [1.165, 1.54) is 5.56 Å². The van der Waals surface area contributed by atoms with E-state index in [0.717, 1.165) is 48.6 Å². The smallest absolute Gasteiger partial charge is 0.255 e. The van der Waals surface area contributed by atoms with Gasteiger partial charge in [-0.25, -0.2) is 9.97 Å². The minimum Gasteiger partial charge on any atom is -0.324 e. The summed E-state index contributed by atoms with van der Waals surface area (Å²) >= 11 is 0. The lowest BCUT2D eigenvalue weighted by Crippen LogP contribution is -2.23. The van der Waals surface area contributed by atoms with Crippen LogP contribution in [-0.2, 0) is 6.54 Å². The van der Waals surface area contributed by atoms with Crippen LogP contribution < -0.4 is 10.6 Å². The van der Waals surface area contributed by atoms with Crippen LogP contribution in [0.2, 0.25) is 0 Å². The molecule has 0 fully saturated rings. The molecule has 0 saturated heterocycles. The molecule has 1 amide bonds. The summed E-state index contributed by atoms with van der Waals surface area (Å²) < 4.78 is 0. The van der Waals surface area contributed by atoms with Gasteiger partial charge in [0.05, 0.1) is 5.69 Å². The Hall–Kier alpha value is -4.14. The van der Waals surface area contributed by atoms with Crippen molar-refractivity contribution >= 4 is 23.2 Å². The van der Waals surface area contributed by atoms with E-state index in [0.29, 0.717) is 17.2 Å². The Morgan fingerprint density at radius 2 is 1.76 bits per heavy atom. The molecule has 0 atom stereocenters. The van der Waals surface area contributed by atoms with Gasteiger partial charge in [0.2, 0.25) is 5.95 Å². The number of anilines is 3. The maximum atomic E-state index is 12.9. The SMILES string of the molecule is Cc1ccc(NC(=O)c2ccc(CN(C)CCCN(C)C)cc2)cc1Nc1nccc(-c2cccnc2)n1. The maximum Gasteiger partial charge on any atom is 0.255 e. The van der Waals surface area contributed by atoms with Crippen molar-refractivity contribution in [3.8, 4) is 11.3 Å². The third-order valence-electron chi connectivity index (χ3n) is 6.17. The van der Waals surface area contributed by atoms with E-state index in [-0.39, 0.29) is 5.91 Å². The van der Waals surface area contributed by atoms with Crippen LogP contribution in [0, 0.1) is 6.92 Å². The standard InChI is InChI=1S/C30H35N7O/c1-22-8-13-26(19-28(22)35-30-32-16-14-27(34-30)25-7-5-15-31-20-25)33-29(38)24-11-9-23(10-12-24)21-37(4)18-6-17-36(2)3/h5,7-16,19-20H,6,17-18,21H2,1-4H3,(H,33,38)(H,32,34,35). The number of carbonyl (C=O) groups excluding carboxylic acids is 1. The average Bonchev–Trinajstić information content (AvgIpc) is 2.91. The molecule has 2 aromatic carbocycles. The highest BCUT2D eigenvalue weighted by Gasteiger charge is 2.10. The van der Waals surface area contributed by atoms with Crippen molar-refractivity contribution < 1.29 is 4.79 Å². The van der Waals surface area contributed by atoms with Gasteiger partial charge in [-0.1, -0.05) is 18.2 Å². The zero-order valence-corrected chi connectivity index (χ0v) is 22.5. The molecule has 196 valence electrons. The molecule has 2 aromatic heterocycles. The number of nitrogens with one attached hydrogen (secondary N) is 2. The number of hydrogen-bond donors (Lipinski definition) is 2. The summed E-state index contributed by atoms with van der Waals surface area (Å²) in [6, 6.07) is 19.2. The van der Waals surface area contributed by atoms with E-state index in [2.05, 4.69) is 56.5 Å². The van der Waals surface area contributed by atoms with Gasteiger partial charge < -0.3 is 20.4 Å². The molecule has 8 nitrogen and oxygen atoms in total. The van der Waals surface area contributed by atoms with E-state index < -0.39 is 0 Å². The first kappa shape index (κ1) is 26.9. The van der Waals surface area contributed by atoms with Crippen molar-refractivity contribution in [2.75, 3.05) is 44.9 Å². The summed E-state index contributed by atoms with van der Waals surface area (Å²) in [6.07, 6.45) is 6.34. The second-order valence-electron chi connectivity index (χ2n) is 9.71. The second-order valence-corrected chi connectivity index (χ2v) is 9.71. The number of carbonyl (C=O) groups is 1. The largest absolute Gasteiger partial charge is 0.324 e. The van der Waals surface area contributed by atoms with E-state index in [9.17, 15) is 4.79 Å². The number of benzene rings is 2. The molecule has 0 aliphatic carbocycles. The number of aryl methyl sites for hydroxylation is 1. The lowest BCUT2D eigenvalue weighted by molar-refractivity contribution is 0.102. The van der Waals surface area contributed by atoms with Gasteiger partial charge in [-0.05, 0) is 101 Å². The molecule has 8 heteroatoms. The van der Waals surface area contributed by atoms with E-state index >= 15 is 0 Å². The van der Waals surface area contributed by atoms with E-state index in [1.54, 1.807) is 18.6 Å². The summed E-state index contributed by atoms with van der Waals surface area (Å²) in [5, 5.41) is 6.29. The molecule has 0 saturated carbocycles. The summed E-state index contributed by atoms with van der Waals surface area (Å²) in [5.41, 5.74) is 6.02. The lowest BCUT2D eigenvalue weighted by atomic mass is 10.1. The summed E-state index contributed by atoms with van der Waals surface area (Å²) in [6.45, 7) is 4.95. The van der Waals surface area contributed by atoms with Crippen LogP contribution in [0.3, 0.4) is 0 Å². The van der Waals surface area contributed by atoms with Crippen molar-refractivity contribution in [2.24, 2.45) is 0 Å². The maximum absolute atomic E-state index is 12.9. The van der Waals surface area contributed by atoms with Crippen molar-refractivity contribution in [3.05, 3.63) is 95.9 Å². The molecular formula is C30H35N7O. The van der Waals surface area contributed by atoms with Crippen molar-refractivity contribution in [1.82, 2.24) is 24.8 Å². The minimum absolute atomic E-state index is 0.152. The van der Waals surface area contributed by atoms with Crippen LogP contribution in [0.25, 0.3) is 11.3 Å². The highest BCUT2D eigenvalue weighted by Crippen LogP contribution is 2.24.